The Morgan fingerprint density at radius 3 is 1.05 bits per heavy atom. The van der Waals surface area contributed by atoms with E-state index in [1.54, 1.807) is 0 Å². The summed E-state index contributed by atoms with van der Waals surface area (Å²) in [5.74, 6) is 6.61. The maximum Gasteiger partial charge on any atom is 0.164 e. The first-order valence-electron chi connectivity index (χ1n) is 12.8. The van der Waals surface area contributed by atoms with Crippen molar-refractivity contribution in [1.29, 1.82) is 0 Å². The van der Waals surface area contributed by atoms with E-state index in [-0.39, 0.29) is 0 Å². The van der Waals surface area contributed by atoms with Crippen molar-refractivity contribution in [2.75, 3.05) is 23.0 Å². The predicted octanol–water partition coefficient (Wildman–Crippen LogP) is 6.96. The van der Waals surface area contributed by atoms with Gasteiger partial charge in [0.15, 0.2) is 23.3 Å². The number of benzene rings is 2. The number of hydrogen-bond donors (Lipinski definition) is 2. The molecule has 5 aromatic rings. The Hall–Kier alpha value is -3.32. The van der Waals surface area contributed by atoms with Gasteiger partial charge >= 0.3 is 0 Å². The minimum Gasteiger partial charge on any atom is -0.323 e. The number of aromatic amines is 2. The Morgan fingerprint density at radius 1 is 0.400 bits per heavy atom. The maximum absolute atomic E-state index is 5.16. The van der Waals surface area contributed by atoms with Gasteiger partial charge in [0.1, 0.15) is 22.6 Å². The number of hydrogen-bond acceptors (Lipinski definition) is 10. The van der Waals surface area contributed by atoms with Crippen LogP contribution in [0.2, 0.25) is 0 Å². The Labute approximate surface area is 245 Å². The average Bonchev–Trinajstić information content (AvgIpc) is 3.73. The minimum absolute atomic E-state index is 0.607. The normalized spacial score (nSPS) is 15.2. The number of rotatable bonds is 0. The van der Waals surface area contributed by atoms with Gasteiger partial charge in [0.05, 0.1) is 19.6 Å². The molecule has 0 atom stereocenters. The van der Waals surface area contributed by atoms with Crippen molar-refractivity contribution in [3.63, 3.8) is 0 Å². The number of H-pyrrole nitrogens is 2. The highest BCUT2D eigenvalue weighted by atomic mass is 32.2. The second-order valence-electron chi connectivity index (χ2n) is 9.41. The summed E-state index contributed by atoms with van der Waals surface area (Å²) >= 11 is 7.30. The van der Waals surface area contributed by atoms with E-state index in [0.717, 1.165) is 87.4 Å². The molecule has 4 aliphatic heterocycles. The number of aromatic nitrogens is 8. The molecule has 0 spiro atoms. The summed E-state index contributed by atoms with van der Waals surface area (Å²) in [7, 11) is 0. The molecule has 0 aliphatic carbocycles. The van der Waals surface area contributed by atoms with E-state index in [2.05, 4.69) is 22.1 Å². The first kappa shape index (κ1) is 23.4. The molecule has 4 aliphatic rings. The molecule has 7 heterocycles. The first-order chi connectivity index (χ1) is 19.8. The van der Waals surface area contributed by atoms with Crippen molar-refractivity contribution >= 4 is 69.6 Å². The first-order valence-corrected chi connectivity index (χ1v) is 16.8. The molecule has 0 amide bonds. The zero-order valence-electron chi connectivity index (χ0n) is 20.8. The summed E-state index contributed by atoms with van der Waals surface area (Å²) in [6.45, 7) is 0. The van der Waals surface area contributed by atoms with Gasteiger partial charge in [-0.2, -0.15) is 0 Å². The fourth-order valence-electron chi connectivity index (χ4n) is 5.26. The van der Waals surface area contributed by atoms with Crippen LogP contribution in [0.5, 0.6) is 0 Å². The van der Waals surface area contributed by atoms with Crippen LogP contribution in [0.1, 0.15) is 0 Å². The second kappa shape index (κ2) is 9.10. The van der Waals surface area contributed by atoms with Crippen LogP contribution in [-0.2, 0) is 0 Å². The zero-order valence-corrected chi connectivity index (χ0v) is 24.0. The lowest BCUT2D eigenvalue weighted by Crippen LogP contribution is -1.93. The second-order valence-corrected chi connectivity index (χ2v) is 13.8. The van der Waals surface area contributed by atoms with Crippen molar-refractivity contribution in [3.05, 3.63) is 48.5 Å². The lowest BCUT2D eigenvalue weighted by atomic mass is 10.1. The lowest BCUT2D eigenvalue weighted by Gasteiger charge is -2.09. The van der Waals surface area contributed by atoms with E-state index in [9.17, 15) is 0 Å². The third kappa shape index (κ3) is 3.59. The van der Waals surface area contributed by atoms with Gasteiger partial charge in [-0.05, 0) is 0 Å². The van der Waals surface area contributed by atoms with E-state index in [1.165, 1.54) is 0 Å². The minimum atomic E-state index is 0.607. The van der Waals surface area contributed by atoms with Crippen LogP contribution in [0.15, 0.2) is 68.1 Å². The fourth-order valence-corrected chi connectivity index (χ4v) is 9.96. The molecule has 194 valence electrons. The molecule has 40 heavy (non-hydrogen) atoms. The molecule has 0 saturated carbocycles. The smallest absolute Gasteiger partial charge is 0.164 e. The molecule has 9 rings (SSSR count). The molecule has 3 aromatic heterocycles. The summed E-state index contributed by atoms with van der Waals surface area (Å²) in [6, 6.07) is 16.2. The molecule has 0 radical (unpaired) electrons. The summed E-state index contributed by atoms with van der Waals surface area (Å²) in [5.41, 5.74) is 7.03. The molecule has 12 heteroatoms. The topological polar surface area (TPSA) is 109 Å². The maximum atomic E-state index is 5.16. The highest BCUT2D eigenvalue weighted by molar-refractivity contribution is 8.06. The van der Waals surface area contributed by atoms with Gasteiger partial charge in [-0.15, -0.1) is 47.0 Å². The Kier molecular flexibility index (Phi) is 5.32. The molecule has 2 N–H and O–H groups in total. The van der Waals surface area contributed by atoms with E-state index in [4.69, 9.17) is 29.9 Å². The van der Waals surface area contributed by atoms with Crippen molar-refractivity contribution < 1.29 is 0 Å². The van der Waals surface area contributed by atoms with Gasteiger partial charge in [0, 0.05) is 45.3 Å². The Bertz CT molecular complexity index is 1910. The van der Waals surface area contributed by atoms with E-state index < -0.39 is 0 Å². The van der Waals surface area contributed by atoms with E-state index >= 15 is 0 Å². The summed E-state index contributed by atoms with van der Waals surface area (Å²) in [6.07, 6.45) is 0. The van der Waals surface area contributed by atoms with Crippen LogP contribution in [0.25, 0.3) is 68.1 Å². The van der Waals surface area contributed by atoms with E-state index in [0.29, 0.717) is 23.3 Å². The van der Waals surface area contributed by atoms with Gasteiger partial charge in [0.2, 0.25) is 0 Å². The standard InChI is InChI=1S/C28H18N8S4/c1-3-7-15-13(5-1)21-29-22-14-6-2-4-8-16(14)24(31-22)33-26-18-20(40-12-10-38-18)28(35-26)36-27-19-17(37-9-11-39-19)25(34-27)32-23(15)30-21/h1-8H,9-12H2,(H2,29,30,31,32,33,34,35,36). The van der Waals surface area contributed by atoms with Crippen molar-refractivity contribution in [1.82, 2.24) is 39.9 Å². The third-order valence-corrected chi connectivity index (χ3v) is 12.2. The van der Waals surface area contributed by atoms with Crippen LogP contribution in [0, 0.1) is 0 Å². The molecule has 8 nitrogen and oxygen atoms in total. The highest BCUT2D eigenvalue weighted by Crippen LogP contribution is 2.45. The van der Waals surface area contributed by atoms with E-state index in [1.807, 2.05) is 83.4 Å². The summed E-state index contributed by atoms with van der Waals surface area (Å²) in [4.78, 5) is 41.8. The zero-order chi connectivity index (χ0) is 26.2. The molecule has 0 saturated heterocycles. The Balaban J connectivity index is 1.46. The van der Waals surface area contributed by atoms with Gasteiger partial charge in [-0.3, -0.25) is 0 Å². The number of fused-ring (bicyclic) bond motifs is 20. The third-order valence-electron chi connectivity index (χ3n) is 7.01. The van der Waals surface area contributed by atoms with Gasteiger partial charge in [-0.25, -0.2) is 29.9 Å². The lowest BCUT2D eigenvalue weighted by molar-refractivity contribution is 1.16. The quantitative estimate of drug-likeness (QED) is 0.191. The SMILES string of the molecule is c1ccc2c(c1)-c1nc3nc(nc4[nH]c(nc5[nH]c(nc-2n1)c1c5SCCS1)c1c4SCCS1)-c1ccccc1-3. The predicted molar refractivity (Wildman–Crippen MR) is 164 cm³/mol. The van der Waals surface area contributed by atoms with Crippen LogP contribution in [0.4, 0.5) is 0 Å². The Morgan fingerprint density at radius 2 is 0.700 bits per heavy atom. The molecule has 2 aromatic carbocycles. The highest BCUT2D eigenvalue weighted by Gasteiger charge is 2.26. The molecule has 0 fully saturated rings. The number of thioether (sulfide) groups is 4. The van der Waals surface area contributed by atoms with Crippen molar-refractivity contribution in [2.45, 2.75) is 19.6 Å². The molecule has 8 bridgehead atoms. The van der Waals surface area contributed by atoms with Crippen molar-refractivity contribution in [2.24, 2.45) is 0 Å². The van der Waals surface area contributed by atoms with Crippen LogP contribution in [-0.4, -0.2) is 62.9 Å². The largest absolute Gasteiger partial charge is 0.323 e. The molecule has 0 unspecified atom stereocenters. The number of nitrogens with zero attached hydrogens (tertiary/aromatic N) is 6. The summed E-state index contributed by atoms with van der Waals surface area (Å²) in [5, 5.41) is 0. The van der Waals surface area contributed by atoms with Gasteiger partial charge in [-0.1, -0.05) is 48.5 Å². The summed E-state index contributed by atoms with van der Waals surface area (Å²) < 4.78 is 0. The van der Waals surface area contributed by atoms with Crippen LogP contribution in [0.3, 0.4) is 0 Å². The molecular formula is C28H18N8S4. The van der Waals surface area contributed by atoms with Gasteiger partial charge in [0.25, 0.3) is 0 Å². The van der Waals surface area contributed by atoms with Crippen LogP contribution >= 0.6 is 47.0 Å². The average molecular weight is 595 g/mol. The van der Waals surface area contributed by atoms with Gasteiger partial charge < -0.3 is 9.97 Å². The monoisotopic (exact) mass is 594 g/mol. The van der Waals surface area contributed by atoms with Crippen molar-refractivity contribution in [3.8, 4) is 45.6 Å². The molecular weight excluding hydrogens is 577 g/mol. The van der Waals surface area contributed by atoms with Crippen LogP contribution < -0.4 is 0 Å². The fraction of sp³-hybridized carbons (Fsp3) is 0.143. The number of nitrogens with one attached hydrogen (secondary N) is 2.